The Labute approximate surface area is 130 Å². The number of carbonyl (C=O) groups is 2. The molecule has 2 amide bonds. The smallest absolute Gasteiger partial charge is 0.409 e. The van der Waals surface area contributed by atoms with Gasteiger partial charge in [-0.1, -0.05) is 0 Å². The van der Waals surface area contributed by atoms with Gasteiger partial charge in [-0.05, 0) is 19.1 Å². The predicted octanol–water partition coefficient (Wildman–Crippen LogP) is 0.194. The fourth-order valence-electron chi connectivity index (χ4n) is 2.53. The molecule has 122 valence electrons. The van der Waals surface area contributed by atoms with Crippen LogP contribution in [0.2, 0.25) is 0 Å². The lowest BCUT2D eigenvalue weighted by Crippen LogP contribution is -2.92. The molecule has 1 aromatic rings. The Morgan fingerprint density at radius 1 is 1.45 bits per heavy atom. The van der Waals surface area contributed by atoms with Crippen LogP contribution in [0.5, 0.6) is 0 Å². The molecule has 7 nitrogen and oxygen atoms in total. The first-order valence-corrected chi connectivity index (χ1v) is 7.77. The summed E-state index contributed by atoms with van der Waals surface area (Å²) >= 11 is 0. The summed E-state index contributed by atoms with van der Waals surface area (Å²) in [6.45, 7) is 5.11. The van der Waals surface area contributed by atoms with Gasteiger partial charge in [-0.2, -0.15) is 0 Å². The third-order valence-electron chi connectivity index (χ3n) is 3.74. The average molecular weight is 310 g/mol. The zero-order valence-corrected chi connectivity index (χ0v) is 12.9. The Bertz CT molecular complexity index is 467. The average Bonchev–Trinajstić information content (AvgIpc) is 3.06. The second kappa shape index (κ2) is 8.43. The molecule has 1 fully saturated rings. The van der Waals surface area contributed by atoms with Gasteiger partial charge in [0.05, 0.1) is 32.0 Å². The molecule has 2 rings (SSSR count). The van der Waals surface area contributed by atoms with Gasteiger partial charge in [0.2, 0.25) is 0 Å². The summed E-state index contributed by atoms with van der Waals surface area (Å²) in [7, 11) is 0. The Morgan fingerprint density at radius 2 is 2.23 bits per heavy atom. The Balaban J connectivity index is 1.57. The molecule has 1 saturated heterocycles. The number of likely N-dealkylation sites (tertiary alicyclic amines) is 1. The van der Waals surface area contributed by atoms with Crippen LogP contribution in [-0.2, 0) is 4.74 Å². The van der Waals surface area contributed by atoms with Crippen LogP contribution < -0.4 is 10.6 Å². The number of hydrogen-bond acceptors (Lipinski definition) is 4. The normalized spacial score (nSPS) is 15.6. The minimum atomic E-state index is -0.216. The molecule has 0 atom stereocenters. The maximum absolute atomic E-state index is 11.7. The highest BCUT2D eigenvalue weighted by molar-refractivity contribution is 5.91. The molecule has 2 heterocycles. The van der Waals surface area contributed by atoms with Crippen molar-refractivity contribution in [3.8, 4) is 0 Å². The van der Waals surface area contributed by atoms with Crippen molar-refractivity contribution >= 4 is 12.0 Å². The van der Waals surface area contributed by atoms with E-state index in [2.05, 4.69) is 10.6 Å². The number of piperidine rings is 1. The van der Waals surface area contributed by atoms with Crippen molar-refractivity contribution in [2.45, 2.75) is 25.8 Å². The molecular weight excluding hydrogens is 286 g/mol. The van der Waals surface area contributed by atoms with E-state index in [1.807, 2.05) is 6.92 Å². The molecule has 0 saturated carbocycles. The predicted molar refractivity (Wildman–Crippen MR) is 79.5 cm³/mol. The van der Waals surface area contributed by atoms with Gasteiger partial charge in [0.1, 0.15) is 0 Å². The maximum Gasteiger partial charge on any atom is 0.409 e. The summed E-state index contributed by atoms with van der Waals surface area (Å²) in [4.78, 5) is 25.0. The molecule has 0 aromatic carbocycles. The van der Waals surface area contributed by atoms with Crippen molar-refractivity contribution in [1.82, 2.24) is 10.2 Å². The molecule has 1 aromatic heterocycles. The van der Waals surface area contributed by atoms with Gasteiger partial charge in [-0.25, -0.2) is 4.79 Å². The van der Waals surface area contributed by atoms with Gasteiger partial charge in [0.15, 0.2) is 5.76 Å². The molecule has 0 bridgehead atoms. The number of ether oxygens (including phenoxy) is 1. The number of amides is 2. The van der Waals surface area contributed by atoms with Crippen molar-refractivity contribution in [2.75, 3.05) is 32.8 Å². The fraction of sp³-hybridized carbons (Fsp3) is 0.600. The van der Waals surface area contributed by atoms with Crippen LogP contribution in [0.4, 0.5) is 4.79 Å². The first-order chi connectivity index (χ1) is 10.7. The van der Waals surface area contributed by atoms with Crippen LogP contribution in [0.3, 0.4) is 0 Å². The number of nitrogens with one attached hydrogen (secondary N) is 1. The van der Waals surface area contributed by atoms with Crippen molar-refractivity contribution in [2.24, 2.45) is 0 Å². The van der Waals surface area contributed by atoms with Crippen molar-refractivity contribution in [1.29, 1.82) is 0 Å². The molecule has 3 N–H and O–H groups in total. The zero-order valence-electron chi connectivity index (χ0n) is 12.9. The summed E-state index contributed by atoms with van der Waals surface area (Å²) in [5.74, 6) is 0.151. The third kappa shape index (κ3) is 4.77. The molecule has 0 spiro atoms. The first-order valence-electron chi connectivity index (χ1n) is 7.77. The lowest BCUT2D eigenvalue weighted by atomic mass is 10.1. The molecule has 0 radical (unpaired) electrons. The summed E-state index contributed by atoms with van der Waals surface area (Å²) in [5, 5.41) is 5.05. The van der Waals surface area contributed by atoms with E-state index in [4.69, 9.17) is 9.15 Å². The number of nitrogens with two attached hydrogens (primary N) is 1. The molecule has 22 heavy (non-hydrogen) atoms. The number of furan rings is 1. The lowest BCUT2D eigenvalue weighted by Gasteiger charge is -2.29. The number of hydrogen-bond donors (Lipinski definition) is 2. The van der Waals surface area contributed by atoms with Crippen molar-refractivity contribution < 1.29 is 24.1 Å². The molecule has 0 aliphatic carbocycles. The van der Waals surface area contributed by atoms with Crippen LogP contribution in [-0.4, -0.2) is 55.7 Å². The topological polar surface area (TPSA) is 88.4 Å². The molecule has 0 unspecified atom stereocenters. The van der Waals surface area contributed by atoms with E-state index in [0.29, 0.717) is 25.0 Å². The minimum Gasteiger partial charge on any atom is -0.459 e. The number of carbonyl (C=O) groups excluding carboxylic acids is 2. The highest BCUT2D eigenvalue weighted by Gasteiger charge is 2.25. The van der Waals surface area contributed by atoms with Gasteiger partial charge in [-0.15, -0.1) is 0 Å². The maximum atomic E-state index is 11.7. The SMILES string of the molecule is CCOC(=O)N1CCC([NH2+]CCNC(=O)c2ccco2)CC1. The summed E-state index contributed by atoms with van der Waals surface area (Å²) < 4.78 is 10.0. The first kappa shape index (κ1) is 16.4. The van der Waals surface area contributed by atoms with Gasteiger partial charge in [0.25, 0.3) is 5.91 Å². The van der Waals surface area contributed by atoms with E-state index in [1.54, 1.807) is 17.0 Å². The Kier molecular flexibility index (Phi) is 6.27. The lowest BCUT2D eigenvalue weighted by molar-refractivity contribution is -0.690. The molecule has 7 heteroatoms. The van der Waals surface area contributed by atoms with E-state index < -0.39 is 0 Å². The fourth-order valence-corrected chi connectivity index (χ4v) is 2.53. The van der Waals surface area contributed by atoms with Crippen LogP contribution in [0.1, 0.15) is 30.3 Å². The summed E-state index contributed by atoms with van der Waals surface area (Å²) in [6, 6.07) is 3.83. The van der Waals surface area contributed by atoms with Gasteiger partial charge >= 0.3 is 6.09 Å². The zero-order chi connectivity index (χ0) is 15.8. The highest BCUT2D eigenvalue weighted by Crippen LogP contribution is 2.08. The summed E-state index contributed by atoms with van der Waals surface area (Å²) in [5.41, 5.74) is 0. The van der Waals surface area contributed by atoms with Crippen LogP contribution in [0.25, 0.3) is 0 Å². The van der Waals surface area contributed by atoms with Crippen LogP contribution >= 0.6 is 0 Å². The van der Waals surface area contributed by atoms with E-state index in [-0.39, 0.29) is 12.0 Å². The molecule has 1 aliphatic rings. The monoisotopic (exact) mass is 310 g/mol. The molecular formula is C15H24N3O4+. The Hall–Kier alpha value is -2.02. The molecule has 1 aliphatic heterocycles. The van der Waals surface area contributed by atoms with Crippen molar-refractivity contribution in [3.05, 3.63) is 24.2 Å². The van der Waals surface area contributed by atoms with Gasteiger partial charge < -0.3 is 24.7 Å². The third-order valence-corrected chi connectivity index (χ3v) is 3.74. The van der Waals surface area contributed by atoms with E-state index in [9.17, 15) is 9.59 Å². The largest absolute Gasteiger partial charge is 0.459 e. The highest BCUT2D eigenvalue weighted by atomic mass is 16.6. The van der Waals surface area contributed by atoms with Crippen LogP contribution in [0, 0.1) is 0 Å². The van der Waals surface area contributed by atoms with E-state index in [1.165, 1.54) is 6.26 Å². The van der Waals surface area contributed by atoms with Crippen molar-refractivity contribution in [3.63, 3.8) is 0 Å². The Morgan fingerprint density at radius 3 is 2.86 bits per heavy atom. The number of nitrogens with zero attached hydrogens (tertiary/aromatic N) is 1. The minimum absolute atomic E-state index is 0.185. The van der Waals surface area contributed by atoms with E-state index in [0.717, 1.165) is 32.5 Å². The second-order valence-electron chi connectivity index (χ2n) is 5.28. The van der Waals surface area contributed by atoms with Gasteiger partial charge in [0, 0.05) is 25.9 Å². The number of quaternary nitrogens is 1. The van der Waals surface area contributed by atoms with Gasteiger partial charge in [-0.3, -0.25) is 4.79 Å². The number of rotatable bonds is 6. The van der Waals surface area contributed by atoms with Crippen LogP contribution in [0.15, 0.2) is 22.8 Å². The standard InChI is InChI=1S/C15H23N3O4/c1-2-21-15(20)18-9-5-12(6-10-18)16-7-8-17-14(19)13-4-3-11-22-13/h3-4,11-12,16H,2,5-10H2,1H3,(H,17,19)/p+1. The summed E-state index contributed by atoms with van der Waals surface area (Å²) in [6.07, 6.45) is 3.17. The van der Waals surface area contributed by atoms with E-state index >= 15 is 0 Å². The quantitative estimate of drug-likeness (QED) is 0.734. The second-order valence-corrected chi connectivity index (χ2v) is 5.28.